The van der Waals surface area contributed by atoms with Gasteiger partial charge in [0.1, 0.15) is 6.54 Å². The smallest absolute Gasteiger partial charge is 0.332 e. The summed E-state index contributed by atoms with van der Waals surface area (Å²) in [5, 5.41) is 3.37. The van der Waals surface area contributed by atoms with E-state index in [1.54, 1.807) is 0 Å². The first-order chi connectivity index (χ1) is 9.74. The van der Waals surface area contributed by atoms with Gasteiger partial charge in [0.15, 0.2) is 0 Å². The highest BCUT2D eigenvalue weighted by Crippen LogP contribution is 2.22. The molecule has 2 heterocycles. The number of carbonyl (C=O) groups is 1. The van der Waals surface area contributed by atoms with Gasteiger partial charge in [-0.05, 0) is 39.8 Å². The Morgan fingerprint density at radius 1 is 1.24 bits per heavy atom. The molecule has 0 radical (unpaired) electrons. The van der Waals surface area contributed by atoms with E-state index in [2.05, 4.69) is 24.1 Å². The van der Waals surface area contributed by atoms with Crippen molar-refractivity contribution in [1.29, 1.82) is 0 Å². The molecule has 0 unspecified atom stereocenters. The van der Waals surface area contributed by atoms with Crippen molar-refractivity contribution < 1.29 is 18.0 Å². The zero-order chi connectivity index (χ0) is 15.6. The molecule has 7 heteroatoms. The van der Waals surface area contributed by atoms with E-state index in [4.69, 9.17) is 0 Å². The molecule has 4 nitrogen and oxygen atoms in total. The lowest BCUT2D eigenvalue weighted by Crippen LogP contribution is -2.48. The van der Waals surface area contributed by atoms with Crippen LogP contribution in [0.3, 0.4) is 0 Å². The summed E-state index contributed by atoms with van der Waals surface area (Å²) in [7, 11) is 0. The van der Waals surface area contributed by atoms with Crippen LogP contribution < -0.4 is 5.32 Å². The van der Waals surface area contributed by atoms with Crippen LogP contribution in [0.15, 0.2) is 0 Å². The number of hydrogen-bond donors (Lipinski definition) is 1. The van der Waals surface area contributed by atoms with Crippen molar-refractivity contribution >= 4 is 5.91 Å². The zero-order valence-corrected chi connectivity index (χ0v) is 12.6. The average Bonchev–Trinajstić information content (AvgIpc) is 2.68. The maximum absolute atomic E-state index is 12.4. The molecule has 1 N–H and O–H groups in total. The van der Waals surface area contributed by atoms with Crippen LogP contribution in [0.1, 0.15) is 33.1 Å². The molecule has 2 rings (SSSR count). The molecule has 0 aromatic carbocycles. The molecule has 2 saturated heterocycles. The molecule has 1 amide bonds. The van der Waals surface area contributed by atoms with Crippen LogP contribution >= 0.6 is 0 Å². The molecule has 0 spiro atoms. The Kier molecular flexibility index (Phi) is 5.14. The molecular weight excluding hydrogens is 283 g/mol. The third-order valence-corrected chi connectivity index (χ3v) is 4.32. The Morgan fingerprint density at radius 3 is 2.38 bits per heavy atom. The number of nitrogens with one attached hydrogen (secondary N) is 1. The molecular formula is C14H24F3N3O. The van der Waals surface area contributed by atoms with Gasteiger partial charge in [0.05, 0.1) is 0 Å². The van der Waals surface area contributed by atoms with Crippen LogP contribution in [0.5, 0.6) is 0 Å². The van der Waals surface area contributed by atoms with Crippen molar-refractivity contribution in [2.45, 2.75) is 57.4 Å². The highest BCUT2D eigenvalue weighted by Gasteiger charge is 2.38. The monoisotopic (exact) mass is 307 g/mol. The Hall–Kier alpha value is -0.820. The average molecular weight is 307 g/mol. The normalized spacial score (nSPS) is 26.1. The molecule has 2 fully saturated rings. The minimum Gasteiger partial charge on any atom is -0.332 e. The molecule has 21 heavy (non-hydrogen) atoms. The lowest BCUT2D eigenvalue weighted by molar-refractivity contribution is -0.157. The lowest BCUT2D eigenvalue weighted by Gasteiger charge is -2.36. The predicted octanol–water partition coefficient (Wildman–Crippen LogP) is 1.61. The largest absolute Gasteiger partial charge is 0.406 e. The van der Waals surface area contributed by atoms with Crippen LogP contribution in [0, 0.1) is 0 Å². The van der Waals surface area contributed by atoms with Crippen LogP contribution in [0.2, 0.25) is 0 Å². The molecule has 0 aliphatic carbocycles. The van der Waals surface area contributed by atoms with Crippen molar-refractivity contribution in [3.05, 3.63) is 0 Å². The second kappa shape index (κ2) is 6.52. The Labute approximate surface area is 123 Å². The van der Waals surface area contributed by atoms with Gasteiger partial charge in [-0.2, -0.15) is 13.2 Å². The Balaban J connectivity index is 1.77. The molecule has 1 atom stereocenters. The van der Waals surface area contributed by atoms with Crippen LogP contribution in [-0.4, -0.2) is 66.2 Å². The molecule has 2 aliphatic rings. The summed E-state index contributed by atoms with van der Waals surface area (Å²) < 4.78 is 37.1. The van der Waals surface area contributed by atoms with Gasteiger partial charge in [-0.1, -0.05) is 0 Å². The van der Waals surface area contributed by atoms with Crippen molar-refractivity contribution in [3.63, 3.8) is 0 Å². The Bertz CT molecular complexity index is 365. The standard InChI is InChI=1S/C14H24F3N3O/c1-10(2)19-5-3-11(4-6-19)18-12-7-13(21)20(8-12)9-14(15,16)17/h10-12,18H,3-9H2,1-2H3/t12-/m1/s1. The Morgan fingerprint density at radius 2 is 1.86 bits per heavy atom. The van der Waals surface area contributed by atoms with E-state index in [0.717, 1.165) is 30.8 Å². The highest BCUT2D eigenvalue weighted by molar-refractivity contribution is 5.79. The van der Waals surface area contributed by atoms with E-state index in [0.29, 0.717) is 12.1 Å². The summed E-state index contributed by atoms with van der Waals surface area (Å²) in [6.07, 6.45) is -2.15. The maximum Gasteiger partial charge on any atom is 0.406 e. The van der Waals surface area contributed by atoms with E-state index in [-0.39, 0.29) is 19.0 Å². The fraction of sp³-hybridized carbons (Fsp3) is 0.929. The summed E-state index contributed by atoms with van der Waals surface area (Å²) in [4.78, 5) is 14.9. The lowest BCUT2D eigenvalue weighted by atomic mass is 10.0. The summed E-state index contributed by atoms with van der Waals surface area (Å²) in [6, 6.07) is 0.695. The quantitative estimate of drug-likeness (QED) is 0.857. The van der Waals surface area contributed by atoms with Crippen LogP contribution in [-0.2, 0) is 4.79 Å². The van der Waals surface area contributed by atoms with E-state index >= 15 is 0 Å². The topological polar surface area (TPSA) is 35.6 Å². The fourth-order valence-corrected chi connectivity index (χ4v) is 3.17. The molecule has 0 aromatic heterocycles. The molecule has 122 valence electrons. The van der Waals surface area contributed by atoms with Gasteiger partial charge in [-0.15, -0.1) is 0 Å². The van der Waals surface area contributed by atoms with Crippen molar-refractivity contribution in [2.24, 2.45) is 0 Å². The molecule has 0 saturated carbocycles. The minimum absolute atomic E-state index is 0.143. The van der Waals surface area contributed by atoms with Gasteiger partial charge < -0.3 is 15.1 Å². The van der Waals surface area contributed by atoms with Crippen LogP contribution in [0.4, 0.5) is 13.2 Å². The predicted molar refractivity (Wildman–Crippen MR) is 73.9 cm³/mol. The van der Waals surface area contributed by atoms with Crippen LogP contribution in [0.25, 0.3) is 0 Å². The second-order valence-corrected chi connectivity index (χ2v) is 6.36. The van der Waals surface area contributed by atoms with Crippen molar-refractivity contribution in [1.82, 2.24) is 15.1 Å². The van der Waals surface area contributed by atoms with Gasteiger partial charge >= 0.3 is 6.18 Å². The number of carbonyl (C=O) groups excluding carboxylic acids is 1. The third kappa shape index (κ3) is 4.85. The number of amides is 1. The zero-order valence-electron chi connectivity index (χ0n) is 12.6. The van der Waals surface area contributed by atoms with Gasteiger partial charge in [-0.3, -0.25) is 4.79 Å². The molecule has 0 aromatic rings. The summed E-state index contributed by atoms with van der Waals surface area (Å²) in [6.45, 7) is 5.37. The van der Waals surface area contributed by atoms with Gasteiger partial charge in [0.25, 0.3) is 0 Å². The van der Waals surface area contributed by atoms with Crippen molar-refractivity contribution in [2.75, 3.05) is 26.2 Å². The number of piperidine rings is 1. The number of hydrogen-bond acceptors (Lipinski definition) is 3. The summed E-state index contributed by atoms with van der Waals surface area (Å²) >= 11 is 0. The number of rotatable bonds is 4. The van der Waals surface area contributed by atoms with E-state index < -0.39 is 18.6 Å². The molecule has 0 bridgehead atoms. The maximum atomic E-state index is 12.4. The number of alkyl halides is 3. The first-order valence-electron chi connectivity index (χ1n) is 7.59. The number of nitrogens with zero attached hydrogens (tertiary/aromatic N) is 2. The number of halogens is 3. The van der Waals surface area contributed by atoms with Gasteiger partial charge in [-0.25, -0.2) is 0 Å². The SMILES string of the molecule is CC(C)N1CCC(N[C@@H]2CC(=O)N(CC(F)(F)F)C2)CC1. The highest BCUT2D eigenvalue weighted by atomic mass is 19.4. The summed E-state index contributed by atoms with van der Waals surface area (Å²) in [5.41, 5.74) is 0. The molecule has 2 aliphatic heterocycles. The third-order valence-electron chi connectivity index (χ3n) is 4.32. The fourth-order valence-electron chi connectivity index (χ4n) is 3.17. The van der Waals surface area contributed by atoms with Crippen molar-refractivity contribution in [3.8, 4) is 0 Å². The summed E-state index contributed by atoms with van der Waals surface area (Å²) in [5.74, 6) is -0.399. The van der Waals surface area contributed by atoms with E-state index in [9.17, 15) is 18.0 Å². The number of likely N-dealkylation sites (tertiary alicyclic amines) is 2. The van der Waals surface area contributed by atoms with E-state index in [1.807, 2.05) is 0 Å². The second-order valence-electron chi connectivity index (χ2n) is 6.36. The first-order valence-corrected chi connectivity index (χ1v) is 7.59. The van der Waals surface area contributed by atoms with Gasteiger partial charge in [0, 0.05) is 31.1 Å². The minimum atomic E-state index is -4.31. The van der Waals surface area contributed by atoms with Gasteiger partial charge in [0.2, 0.25) is 5.91 Å². The first kappa shape index (κ1) is 16.5. The van der Waals surface area contributed by atoms with E-state index in [1.165, 1.54) is 0 Å².